The first-order chi connectivity index (χ1) is 15.5. The summed E-state index contributed by atoms with van der Waals surface area (Å²) in [5.41, 5.74) is -5.36. The van der Waals surface area contributed by atoms with Crippen molar-refractivity contribution < 1.29 is 43.2 Å². The maximum atomic E-state index is 13.8. The molecule has 1 heterocycles. The van der Waals surface area contributed by atoms with Crippen molar-refractivity contribution in [1.82, 2.24) is 0 Å². The molecule has 8 atom stereocenters. The molecule has 3 unspecified atom stereocenters. The summed E-state index contributed by atoms with van der Waals surface area (Å²) < 4.78 is 23.4. The fraction of sp³-hybridized carbons (Fsp3) is 0.760. The van der Waals surface area contributed by atoms with E-state index < -0.39 is 76.1 Å². The molecule has 2 aliphatic carbocycles. The molecule has 3 fully saturated rings. The van der Waals surface area contributed by atoms with E-state index in [1.807, 2.05) is 13.8 Å². The summed E-state index contributed by atoms with van der Waals surface area (Å²) in [4.78, 5) is 50.3. The average Bonchev–Trinajstić information content (AvgIpc) is 2.69. The second kappa shape index (κ2) is 8.45. The van der Waals surface area contributed by atoms with Crippen molar-refractivity contribution in [3.63, 3.8) is 0 Å². The lowest BCUT2D eigenvalue weighted by Gasteiger charge is -2.68. The smallest absolute Gasteiger partial charge is 0.303 e. The number of ketones is 1. The molecule has 0 amide bonds. The molecule has 1 aliphatic heterocycles. The van der Waals surface area contributed by atoms with Crippen LogP contribution in [0.3, 0.4) is 0 Å². The topological polar surface area (TPSA) is 125 Å². The number of hydrogen-bond donors (Lipinski definition) is 1. The maximum Gasteiger partial charge on any atom is 0.303 e. The van der Waals surface area contributed by atoms with Gasteiger partial charge in [0, 0.05) is 33.1 Å². The molecular weight excluding hydrogens is 444 g/mol. The number of aliphatic hydroxyl groups is 1. The lowest BCUT2D eigenvalue weighted by Crippen LogP contribution is -2.82. The summed E-state index contributed by atoms with van der Waals surface area (Å²) in [5, 5.41) is 12.4. The summed E-state index contributed by atoms with van der Waals surface area (Å²) in [6.07, 6.45) is -2.39. The van der Waals surface area contributed by atoms with Crippen molar-refractivity contribution in [3.05, 3.63) is 12.7 Å². The van der Waals surface area contributed by atoms with Crippen LogP contribution >= 0.6 is 0 Å². The molecule has 9 heteroatoms. The second-order valence-corrected chi connectivity index (χ2v) is 11.0. The van der Waals surface area contributed by atoms with E-state index in [0.29, 0.717) is 12.8 Å². The van der Waals surface area contributed by atoms with E-state index in [1.165, 1.54) is 26.8 Å². The Morgan fingerprint density at radius 3 is 2.03 bits per heavy atom. The highest BCUT2D eigenvalue weighted by Crippen LogP contribution is 2.65. The van der Waals surface area contributed by atoms with E-state index in [0.717, 1.165) is 0 Å². The molecule has 0 aromatic carbocycles. The van der Waals surface area contributed by atoms with Gasteiger partial charge >= 0.3 is 17.9 Å². The Balaban J connectivity index is 2.35. The number of carbonyl (C=O) groups is 4. The second-order valence-electron chi connectivity index (χ2n) is 11.0. The molecule has 1 N–H and O–H groups in total. The first-order valence-electron chi connectivity index (χ1n) is 11.6. The molecule has 0 radical (unpaired) electrons. The Bertz CT molecular complexity index is 910. The number of fused-ring (bicyclic) bond motifs is 3. The van der Waals surface area contributed by atoms with Crippen molar-refractivity contribution in [2.75, 3.05) is 0 Å². The van der Waals surface area contributed by atoms with Crippen LogP contribution in [-0.2, 0) is 38.1 Å². The maximum absolute atomic E-state index is 13.8. The van der Waals surface area contributed by atoms with Crippen LogP contribution in [0.15, 0.2) is 12.7 Å². The number of rotatable bonds is 4. The molecule has 9 nitrogen and oxygen atoms in total. The van der Waals surface area contributed by atoms with Gasteiger partial charge in [-0.3, -0.25) is 19.2 Å². The van der Waals surface area contributed by atoms with Crippen LogP contribution in [0.1, 0.15) is 67.7 Å². The first kappa shape index (κ1) is 26.3. The molecule has 0 aromatic heterocycles. The Morgan fingerprint density at radius 1 is 1.00 bits per heavy atom. The fourth-order valence-electron chi connectivity index (χ4n) is 6.69. The number of carbonyl (C=O) groups excluding carboxylic acids is 4. The SMILES string of the molecule is C=C[C@@]1(C)CC(=O)[C@@]2(O)[C@H](O1)C(OC(C)=O)C(OC(C)=O)[C@H]1C(C)(C)CC[C@H](OC(C)=O)C12C. The van der Waals surface area contributed by atoms with Crippen LogP contribution in [0.4, 0.5) is 0 Å². The predicted molar refractivity (Wildman–Crippen MR) is 119 cm³/mol. The quantitative estimate of drug-likeness (QED) is 0.366. The lowest BCUT2D eigenvalue weighted by atomic mass is 9.42. The minimum absolute atomic E-state index is 0.177. The zero-order valence-corrected chi connectivity index (χ0v) is 21.0. The van der Waals surface area contributed by atoms with Crippen LogP contribution in [0.2, 0.25) is 0 Å². The molecule has 2 saturated carbocycles. The highest BCUT2D eigenvalue weighted by Gasteiger charge is 2.78. The van der Waals surface area contributed by atoms with Crippen LogP contribution in [-0.4, -0.2) is 64.4 Å². The zero-order valence-electron chi connectivity index (χ0n) is 21.0. The summed E-state index contributed by atoms with van der Waals surface area (Å²) >= 11 is 0. The molecule has 34 heavy (non-hydrogen) atoms. The van der Waals surface area contributed by atoms with Crippen molar-refractivity contribution in [1.29, 1.82) is 0 Å². The Kier molecular flexibility index (Phi) is 6.54. The van der Waals surface area contributed by atoms with Crippen molar-refractivity contribution in [2.45, 2.75) is 103 Å². The molecule has 3 rings (SSSR count). The van der Waals surface area contributed by atoms with Gasteiger partial charge in [-0.2, -0.15) is 0 Å². The Hall–Kier alpha value is -2.26. The van der Waals surface area contributed by atoms with Gasteiger partial charge in [0.25, 0.3) is 0 Å². The third-order valence-corrected chi connectivity index (χ3v) is 8.07. The Morgan fingerprint density at radius 2 is 1.53 bits per heavy atom. The number of ether oxygens (including phenoxy) is 4. The minimum Gasteiger partial charge on any atom is -0.462 e. The van der Waals surface area contributed by atoms with Gasteiger partial charge in [-0.1, -0.05) is 26.8 Å². The fourth-order valence-corrected chi connectivity index (χ4v) is 6.69. The lowest BCUT2D eigenvalue weighted by molar-refractivity contribution is -0.337. The minimum atomic E-state index is -2.20. The summed E-state index contributed by atoms with van der Waals surface area (Å²) in [7, 11) is 0. The van der Waals surface area contributed by atoms with E-state index in [9.17, 15) is 24.3 Å². The van der Waals surface area contributed by atoms with Crippen molar-refractivity contribution in [3.8, 4) is 0 Å². The van der Waals surface area contributed by atoms with E-state index in [2.05, 4.69) is 6.58 Å². The number of esters is 3. The number of Topliss-reactive ketones (excluding diaryl/α,β-unsaturated/α-hetero) is 1. The molecule has 0 spiro atoms. The van der Waals surface area contributed by atoms with Gasteiger partial charge in [0.15, 0.2) is 17.5 Å². The molecule has 1 saturated heterocycles. The van der Waals surface area contributed by atoms with Crippen LogP contribution in [0.25, 0.3) is 0 Å². The van der Waals surface area contributed by atoms with Crippen LogP contribution in [0, 0.1) is 16.7 Å². The number of hydrogen-bond acceptors (Lipinski definition) is 9. The summed E-state index contributed by atoms with van der Waals surface area (Å²) in [6, 6.07) is 0. The molecule has 0 bridgehead atoms. The van der Waals surface area contributed by atoms with Gasteiger partial charge in [0.1, 0.15) is 18.3 Å². The van der Waals surface area contributed by atoms with Gasteiger partial charge in [-0.25, -0.2) is 0 Å². The van der Waals surface area contributed by atoms with E-state index in [1.54, 1.807) is 13.8 Å². The van der Waals surface area contributed by atoms with Gasteiger partial charge in [-0.15, -0.1) is 6.58 Å². The predicted octanol–water partition coefficient (Wildman–Crippen LogP) is 2.27. The van der Waals surface area contributed by atoms with Gasteiger partial charge < -0.3 is 24.1 Å². The highest BCUT2D eigenvalue weighted by atomic mass is 16.6. The third kappa shape index (κ3) is 3.86. The summed E-state index contributed by atoms with van der Waals surface area (Å²) in [5.74, 6) is -3.11. The van der Waals surface area contributed by atoms with Crippen LogP contribution in [0.5, 0.6) is 0 Å². The molecule has 0 aromatic rings. The van der Waals surface area contributed by atoms with Crippen molar-refractivity contribution >= 4 is 23.7 Å². The normalized spacial score (nSPS) is 43.1. The largest absolute Gasteiger partial charge is 0.462 e. The Labute approximate surface area is 200 Å². The van der Waals surface area contributed by atoms with E-state index >= 15 is 0 Å². The third-order valence-electron chi connectivity index (χ3n) is 8.07. The van der Waals surface area contributed by atoms with Crippen LogP contribution < -0.4 is 0 Å². The first-order valence-corrected chi connectivity index (χ1v) is 11.6. The van der Waals surface area contributed by atoms with E-state index in [4.69, 9.17) is 18.9 Å². The monoisotopic (exact) mass is 480 g/mol. The standard InChI is InChI=1S/C25H36O9/c1-9-23(7)12-16(29)25(30)21(34-23)19(33-15(4)28)18(32-14(3)27)20-22(5,6)11-10-17(24(20,25)8)31-13(2)26/h9,17-21,30H,1,10-12H2,2-8H3/t17-,18?,19?,20-,21+,23-,24?,25+/m0/s1. The van der Waals surface area contributed by atoms with Gasteiger partial charge in [0.05, 0.1) is 11.0 Å². The molecular formula is C25H36O9. The highest BCUT2D eigenvalue weighted by molar-refractivity contribution is 5.91. The van der Waals surface area contributed by atoms with Crippen molar-refractivity contribution in [2.24, 2.45) is 16.7 Å². The zero-order chi connectivity index (χ0) is 25.9. The van der Waals surface area contributed by atoms with E-state index in [-0.39, 0.29) is 6.42 Å². The summed E-state index contributed by atoms with van der Waals surface area (Å²) in [6.45, 7) is 14.7. The van der Waals surface area contributed by atoms with Gasteiger partial charge in [-0.05, 0) is 25.2 Å². The molecule has 3 aliphatic rings. The average molecular weight is 481 g/mol. The van der Waals surface area contributed by atoms with Gasteiger partial charge in [0.2, 0.25) is 0 Å². The molecule has 190 valence electrons.